The van der Waals surface area contributed by atoms with Crippen molar-refractivity contribution in [3.8, 4) is 17.0 Å². The Kier molecular flexibility index (Phi) is 2.72. The van der Waals surface area contributed by atoms with Crippen LogP contribution in [0.25, 0.3) is 16.2 Å². The van der Waals surface area contributed by atoms with Crippen LogP contribution >= 0.6 is 11.3 Å². The number of aromatic carboxylic acids is 1. The second kappa shape index (κ2) is 4.40. The molecule has 0 aliphatic carbocycles. The minimum Gasteiger partial charge on any atom is -0.497 e. The lowest BCUT2D eigenvalue weighted by Gasteiger charge is -2.03. The summed E-state index contributed by atoms with van der Waals surface area (Å²) in [5.74, 6) is -0.222. The van der Waals surface area contributed by atoms with Gasteiger partial charge in [-0.25, -0.2) is 9.78 Å². The fourth-order valence-electron chi connectivity index (χ4n) is 1.92. The molecule has 3 rings (SSSR count). The monoisotopic (exact) mass is 274 g/mol. The number of thiazole rings is 1. The summed E-state index contributed by atoms with van der Waals surface area (Å²) >= 11 is 1.41. The number of imidazole rings is 1. The van der Waals surface area contributed by atoms with Crippen LogP contribution in [-0.2, 0) is 0 Å². The van der Waals surface area contributed by atoms with Crippen molar-refractivity contribution in [2.24, 2.45) is 0 Å². The first-order valence-corrected chi connectivity index (χ1v) is 6.41. The predicted octanol–water partition coefficient (Wildman–Crippen LogP) is 2.77. The lowest BCUT2D eigenvalue weighted by Crippen LogP contribution is -2.01. The first-order chi connectivity index (χ1) is 9.20. The molecule has 0 aliphatic rings. The minimum absolute atomic E-state index is 0.169. The second-order valence-corrected chi connectivity index (χ2v) is 4.75. The van der Waals surface area contributed by atoms with E-state index in [4.69, 9.17) is 9.84 Å². The summed E-state index contributed by atoms with van der Waals surface area (Å²) in [6, 6.07) is 7.48. The van der Waals surface area contributed by atoms with E-state index in [0.29, 0.717) is 4.96 Å². The lowest BCUT2D eigenvalue weighted by molar-refractivity contribution is 0.0689. The van der Waals surface area contributed by atoms with E-state index in [-0.39, 0.29) is 5.69 Å². The molecule has 96 valence electrons. The third-order valence-electron chi connectivity index (χ3n) is 2.85. The van der Waals surface area contributed by atoms with Crippen LogP contribution in [0.2, 0.25) is 0 Å². The zero-order valence-corrected chi connectivity index (χ0v) is 10.8. The highest BCUT2D eigenvalue weighted by molar-refractivity contribution is 7.15. The van der Waals surface area contributed by atoms with Gasteiger partial charge in [-0.15, -0.1) is 11.3 Å². The molecule has 3 aromatic rings. The molecular weight excluding hydrogens is 264 g/mol. The zero-order chi connectivity index (χ0) is 13.4. The van der Waals surface area contributed by atoms with E-state index < -0.39 is 5.97 Å². The van der Waals surface area contributed by atoms with E-state index in [1.165, 1.54) is 17.5 Å². The highest BCUT2D eigenvalue weighted by atomic mass is 32.1. The summed E-state index contributed by atoms with van der Waals surface area (Å²) in [5.41, 5.74) is 1.91. The number of benzene rings is 1. The Morgan fingerprint density at radius 1 is 1.37 bits per heavy atom. The Morgan fingerprint density at radius 3 is 2.74 bits per heavy atom. The van der Waals surface area contributed by atoms with E-state index in [1.807, 2.05) is 29.6 Å². The molecule has 2 aromatic heterocycles. The molecular formula is C13H10N2O3S. The van der Waals surface area contributed by atoms with Gasteiger partial charge in [-0.2, -0.15) is 0 Å². The molecule has 5 nitrogen and oxygen atoms in total. The van der Waals surface area contributed by atoms with Crippen LogP contribution in [0, 0.1) is 0 Å². The van der Waals surface area contributed by atoms with Crippen molar-refractivity contribution in [2.75, 3.05) is 7.11 Å². The van der Waals surface area contributed by atoms with Crippen LogP contribution in [0.4, 0.5) is 0 Å². The Balaban J connectivity index is 2.18. The van der Waals surface area contributed by atoms with Gasteiger partial charge in [-0.1, -0.05) is 0 Å². The van der Waals surface area contributed by atoms with E-state index in [2.05, 4.69) is 4.98 Å². The van der Waals surface area contributed by atoms with Crippen molar-refractivity contribution in [1.82, 2.24) is 9.38 Å². The van der Waals surface area contributed by atoms with Crippen LogP contribution in [0.15, 0.2) is 35.8 Å². The lowest BCUT2D eigenvalue weighted by atomic mass is 10.1. The Hall–Kier alpha value is -2.34. The van der Waals surface area contributed by atoms with Crippen molar-refractivity contribution in [2.45, 2.75) is 0 Å². The Bertz CT molecular complexity index is 743. The average Bonchev–Trinajstić information content (AvgIpc) is 2.99. The molecule has 1 N–H and O–H groups in total. The van der Waals surface area contributed by atoms with E-state index in [0.717, 1.165) is 17.0 Å². The first-order valence-electron chi connectivity index (χ1n) is 5.53. The molecule has 0 fully saturated rings. The summed E-state index contributed by atoms with van der Waals surface area (Å²) in [7, 11) is 1.61. The maximum atomic E-state index is 11.2. The number of aromatic nitrogens is 2. The number of methoxy groups -OCH3 is 1. The highest BCUT2D eigenvalue weighted by Gasteiger charge is 2.16. The third kappa shape index (κ3) is 1.86. The largest absolute Gasteiger partial charge is 0.497 e. The van der Waals surface area contributed by atoms with Crippen LogP contribution in [0.1, 0.15) is 10.5 Å². The number of fused-ring (bicyclic) bond motifs is 1. The van der Waals surface area contributed by atoms with Gasteiger partial charge in [0.15, 0.2) is 10.7 Å². The molecule has 2 heterocycles. The summed E-state index contributed by atoms with van der Waals surface area (Å²) in [5, 5.41) is 11.1. The SMILES string of the molecule is COc1ccc(-c2csc3ncc(C(=O)O)n23)cc1. The summed E-state index contributed by atoms with van der Waals surface area (Å²) in [4.78, 5) is 15.9. The van der Waals surface area contributed by atoms with Gasteiger partial charge in [0, 0.05) is 5.38 Å². The minimum atomic E-state index is -0.985. The number of rotatable bonds is 3. The van der Waals surface area contributed by atoms with E-state index in [1.54, 1.807) is 11.5 Å². The number of hydrogen-bond donors (Lipinski definition) is 1. The maximum Gasteiger partial charge on any atom is 0.354 e. The second-order valence-electron chi connectivity index (χ2n) is 3.92. The van der Waals surface area contributed by atoms with E-state index in [9.17, 15) is 4.79 Å². The first kappa shape index (κ1) is 11.7. The van der Waals surface area contributed by atoms with Gasteiger partial charge < -0.3 is 9.84 Å². The number of ether oxygens (including phenoxy) is 1. The quantitative estimate of drug-likeness (QED) is 0.797. The topological polar surface area (TPSA) is 63.8 Å². The number of hydrogen-bond acceptors (Lipinski definition) is 4. The molecule has 0 saturated carbocycles. The van der Waals surface area contributed by atoms with Crippen LogP contribution in [0.3, 0.4) is 0 Å². The van der Waals surface area contributed by atoms with Crippen molar-refractivity contribution < 1.29 is 14.6 Å². The van der Waals surface area contributed by atoms with Gasteiger partial charge in [0.05, 0.1) is 19.0 Å². The van der Waals surface area contributed by atoms with Gasteiger partial charge >= 0.3 is 5.97 Å². The maximum absolute atomic E-state index is 11.2. The molecule has 0 radical (unpaired) electrons. The molecule has 0 saturated heterocycles. The zero-order valence-electron chi connectivity index (χ0n) is 10.0. The van der Waals surface area contributed by atoms with Crippen molar-refractivity contribution in [1.29, 1.82) is 0 Å². The molecule has 1 aromatic carbocycles. The van der Waals surface area contributed by atoms with Crippen molar-refractivity contribution >= 4 is 22.3 Å². The summed E-state index contributed by atoms with van der Waals surface area (Å²) in [6.45, 7) is 0. The number of carboxylic acids is 1. The normalized spacial score (nSPS) is 10.8. The fraction of sp³-hybridized carbons (Fsp3) is 0.0769. The van der Waals surface area contributed by atoms with E-state index >= 15 is 0 Å². The van der Waals surface area contributed by atoms with Crippen LogP contribution in [-0.4, -0.2) is 27.6 Å². The van der Waals surface area contributed by atoms with Gasteiger partial charge in [0.2, 0.25) is 0 Å². The molecule has 0 atom stereocenters. The average molecular weight is 274 g/mol. The van der Waals surface area contributed by atoms with Gasteiger partial charge in [0.1, 0.15) is 5.75 Å². The predicted molar refractivity (Wildman–Crippen MR) is 72.0 cm³/mol. The Morgan fingerprint density at radius 2 is 2.11 bits per heavy atom. The smallest absolute Gasteiger partial charge is 0.354 e. The van der Waals surface area contributed by atoms with Crippen LogP contribution in [0.5, 0.6) is 5.75 Å². The number of nitrogens with zero attached hydrogens (tertiary/aromatic N) is 2. The third-order valence-corrected chi connectivity index (χ3v) is 3.69. The molecule has 0 amide bonds. The molecule has 0 bridgehead atoms. The summed E-state index contributed by atoms with van der Waals surface area (Å²) in [6.07, 6.45) is 1.38. The standard InChI is InChI=1S/C13H10N2O3S/c1-18-9-4-2-8(3-5-9)11-7-19-13-14-6-10(12(16)17)15(11)13/h2-7H,1H3,(H,16,17). The molecule has 6 heteroatoms. The van der Waals surface area contributed by atoms with Gasteiger partial charge in [-0.3, -0.25) is 4.40 Å². The molecule has 0 unspecified atom stereocenters. The Labute approximate surface area is 112 Å². The number of carboxylic acid groups (broad SMARTS) is 1. The van der Waals surface area contributed by atoms with Gasteiger partial charge in [0.25, 0.3) is 0 Å². The van der Waals surface area contributed by atoms with Crippen LogP contribution < -0.4 is 4.74 Å². The molecule has 0 spiro atoms. The van der Waals surface area contributed by atoms with Crippen molar-refractivity contribution in [3.63, 3.8) is 0 Å². The highest BCUT2D eigenvalue weighted by Crippen LogP contribution is 2.28. The molecule has 19 heavy (non-hydrogen) atoms. The van der Waals surface area contributed by atoms with Gasteiger partial charge in [-0.05, 0) is 29.8 Å². The molecule has 0 aliphatic heterocycles. The van der Waals surface area contributed by atoms with Crippen molar-refractivity contribution in [3.05, 3.63) is 41.5 Å². The fourth-order valence-corrected chi connectivity index (χ4v) is 2.80. The summed E-state index contributed by atoms with van der Waals surface area (Å²) < 4.78 is 6.76. The number of carbonyl (C=O) groups is 1.